The summed E-state index contributed by atoms with van der Waals surface area (Å²) in [6.45, 7) is 7.05. The second-order valence-corrected chi connectivity index (χ2v) is 15.9. The molecule has 0 aliphatic heterocycles. The van der Waals surface area contributed by atoms with Gasteiger partial charge in [0, 0.05) is 36.7 Å². The van der Waals surface area contributed by atoms with Crippen LogP contribution in [0.1, 0.15) is 115 Å². The molecule has 0 radical (unpaired) electrons. The number of nitrogens with one attached hydrogen (secondary N) is 5. The Balaban J connectivity index is 1.39. The molecule has 1 heterocycles. The fraction of sp³-hybridized carbons (Fsp3) is 0.750. The number of Topliss-reactive ketones (excluding diaryl/α,β-unsaturated/α-hetero) is 2. The fourth-order valence-electron chi connectivity index (χ4n) is 8.32. The van der Waals surface area contributed by atoms with Crippen LogP contribution in [0, 0.1) is 35.0 Å². The van der Waals surface area contributed by atoms with Crippen LogP contribution in [0.5, 0.6) is 0 Å². The monoisotopic (exact) mass is 702 g/mol. The van der Waals surface area contributed by atoms with E-state index in [9.17, 15) is 28.8 Å². The van der Waals surface area contributed by atoms with Crippen LogP contribution in [-0.4, -0.2) is 75.3 Å². The van der Waals surface area contributed by atoms with E-state index in [4.69, 9.17) is 0 Å². The number of ketones is 2. The highest BCUT2D eigenvalue weighted by Gasteiger charge is 2.62. The molecule has 50 heavy (non-hydrogen) atoms. The highest BCUT2D eigenvalue weighted by Crippen LogP contribution is 2.58. The number of fused-ring (bicyclic) bond motifs is 1. The molecule has 4 amide bonds. The maximum atomic E-state index is 15.2. The van der Waals surface area contributed by atoms with Gasteiger partial charge < -0.3 is 26.3 Å². The first-order chi connectivity index (χ1) is 23.6. The van der Waals surface area contributed by atoms with Crippen LogP contribution in [0.2, 0.25) is 0 Å². The van der Waals surface area contributed by atoms with Gasteiger partial charge in [0.15, 0.2) is 11.6 Å². The molecule has 276 valence electrons. The van der Waals surface area contributed by atoms with E-state index in [1.807, 2.05) is 0 Å². The predicted octanol–water partition coefficient (Wildman–Crippen LogP) is 3.62. The maximum absolute atomic E-state index is 15.2. The molecule has 4 aliphatic carbocycles. The van der Waals surface area contributed by atoms with Gasteiger partial charge in [-0.05, 0) is 62.2 Å². The fourth-order valence-corrected chi connectivity index (χ4v) is 8.32. The lowest BCUT2D eigenvalue weighted by Gasteiger charge is -2.37. The Morgan fingerprint density at radius 2 is 1.68 bits per heavy atom. The number of rotatable bonds is 14. The maximum Gasteiger partial charge on any atom is 0.289 e. The quantitative estimate of drug-likeness (QED) is 0.184. The number of aromatic amines is 1. The molecule has 3 unspecified atom stereocenters. The molecular weight excluding hydrogens is 650 g/mol. The van der Waals surface area contributed by atoms with Crippen molar-refractivity contribution in [3.05, 3.63) is 18.2 Å². The molecule has 12 nitrogen and oxygen atoms in total. The van der Waals surface area contributed by atoms with Gasteiger partial charge in [-0.2, -0.15) is 0 Å². The molecule has 5 N–H and O–H groups in total. The lowest BCUT2D eigenvalue weighted by molar-refractivity contribution is -0.142. The van der Waals surface area contributed by atoms with Crippen LogP contribution in [0.25, 0.3) is 0 Å². The number of imidazole rings is 1. The van der Waals surface area contributed by atoms with Gasteiger partial charge in [0.1, 0.15) is 6.04 Å². The van der Waals surface area contributed by atoms with Gasteiger partial charge in [0.2, 0.25) is 17.6 Å². The molecule has 1 aromatic heterocycles. The Morgan fingerprint density at radius 3 is 2.28 bits per heavy atom. The molecule has 5 rings (SSSR count). The van der Waals surface area contributed by atoms with Gasteiger partial charge in [0.25, 0.3) is 17.7 Å². The first-order valence-corrected chi connectivity index (χ1v) is 18.3. The minimum atomic E-state index is -3.08. The van der Waals surface area contributed by atoms with Crippen molar-refractivity contribution in [1.29, 1.82) is 0 Å². The van der Waals surface area contributed by atoms with Crippen molar-refractivity contribution < 1.29 is 37.5 Å². The summed E-state index contributed by atoms with van der Waals surface area (Å²) in [6.07, 6.45) is 8.66. The van der Waals surface area contributed by atoms with Crippen molar-refractivity contribution in [2.75, 3.05) is 0 Å². The smallest absolute Gasteiger partial charge is 0.289 e. The SMILES string of the molecule is CCC[C@H](NC(=O)[C@H]1C(C(=O)[C@@H](NC(=O)[C@@H](NC(=O)c2ncc[nH]2)C2CCCCC2)C(C)(C)C)CC2C1CCC2(F)F)C(=O)C(=O)NC1CC1. The lowest BCUT2D eigenvalue weighted by atomic mass is 9.75. The van der Waals surface area contributed by atoms with Gasteiger partial charge in [-0.1, -0.05) is 53.4 Å². The van der Waals surface area contributed by atoms with E-state index in [1.165, 1.54) is 12.4 Å². The summed E-state index contributed by atoms with van der Waals surface area (Å²) in [5.74, 6) is -11.6. The Kier molecular flexibility index (Phi) is 11.5. The molecule has 0 bridgehead atoms. The molecule has 0 saturated heterocycles. The number of nitrogens with zero attached hydrogens (tertiary/aromatic N) is 1. The van der Waals surface area contributed by atoms with E-state index in [1.54, 1.807) is 27.7 Å². The second kappa shape index (κ2) is 15.3. The van der Waals surface area contributed by atoms with Gasteiger partial charge >= 0.3 is 0 Å². The van der Waals surface area contributed by atoms with Crippen molar-refractivity contribution in [1.82, 2.24) is 31.2 Å². The van der Waals surface area contributed by atoms with Crippen LogP contribution in [-0.2, 0) is 24.0 Å². The summed E-state index contributed by atoms with van der Waals surface area (Å²) >= 11 is 0. The van der Waals surface area contributed by atoms with Crippen LogP contribution < -0.4 is 21.3 Å². The zero-order valence-electron chi connectivity index (χ0n) is 29.5. The van der Waals surface area contributed by atoms with Crippen molar-refractivity contribution >= 4 is 35.2 Å². The molecule has 4 fully saturated rings. The standard InChI is InChI=1S/C36H52F2N6O6/c1-5-9-24(28(46)33(49)41-20-12-13-20)42-31(47)25-21-14-15-36(37,38)23(21)18-22(25)27(45)29(35(2,3)4)44-32(48)26(19-10-7-6-8-11-19)43-34(50)30-39-16-17-40-30/h16-17,19-26,29H,5-15,18H2,1-4H3,(H,39,40)(H,41,49)(H,42,47)(H,43,50)(H,44,48)/t21?,22?,23?,24-,25+,26-,29+/m0/s1. The Hall–Kier alpha value is -3.71. The largest absolute Gasteiger partial charge is 0.347 e. The van der Waals surface area contributed by atoms with Crippen LogP contribution in [0.15, 0.2) is 12.4 Å². The first-order valence-electron chi connectivity index (χ1n) is 18.3. The highest BCUT2D eigenvalue weighted by atomic mass is 19.3. The number of hydrogen-bond acceptors (Lipinski definition) is 7. The van der Waals surface area contributed by atoms with Crippen LogP contribution in [0.3, 0.4) is 0 Å². The normalized spacial score (nSPS) is 26.6. The molecule has 7 atom stereocenters. The average Bonchev–Trinajstić information content (AvgIpc) is 3.43. The second-order valence-electron chi connectivity index (χ2n) is 15.9. The first kappa shape index (κ1) is 37.5. The predicted molar refractivity (Wildman–Crippen MR) is 179 cm³/mol. The summed E-state index contributed by atoms with van der Waals surface area (Å²) in [5.41, 5.74) is -0.891. The third-order valence-electron chi connectivity index (χ3n) is 11.1. The van der Waals surface area contributed by atoms with E-state index >= 15 is 8.78 Å². The number of halogens is 2. The van der Waals surface area contributed by atoms with Gasteiger partial charge in [-0.25, -0.2) is 13.8 Å². The molecule has 14 heteroatoms. The number of carbonyl (C=O) groups is 6. The van der Waals surface area contributed by atoms with Crippen molar-refractivity contribution in [3.63, 3.8) is 0 Å². The molecule has 1 aromatic rings. The van der Waals surface area contributed by atoms with Gasteiger partial charge in [-0.15, -0.1) is 0 Å². The van der Waals surface area contributed by atoms with Gasteiger partial charge in [0.05, 0.1) is 18.0 Å². The van der Waals surface area contributed by atoms with Gasteiger partial charge in [-0.3, -0.25) is 28.8 Å². The molecular formula is C36H52F2N6O6. The van der Waals surface area contributed by atoms with Crippen molar-refractivity contribution in [2.45, 2.75) is 135 Å². The number of hydrogen-bond donors (Lipinski definition) is 5. The summed E-state index contributed by atoms with van der Waals surface area (Å²) in [6, 6.07) is -3.37. The minimum Gasteiger partial charge on any atom is -0.347 e. The highest BCUT2D eigenvalue weighted by molar-refractivity contribution is 6.38. The molecule has 0 aromatic carbocycles. The summed E-state index contributed by atoms with van der Waals surface area (Å²) < 4.78 is 30.5. The van der Waals surface area contributed by atoms with Crippen molar-refractivity contribution in [2.24, 2.45) is 35.0 Å². The molecule has 4 aliphatic rings. The number of carbonyl (C=O) groups excluding carboxylic acids is 6. The van der Waals surface area contributed by atoms with E-state index in [2.05, 4.69) is 31.2 Å². The Bertz CT molecular complexity index is 1430. The molecule has 4 saturated carbocycles. The average molecular weight is 703 g/mol. The summed E-state index contributed by atoms with van der Waals surface area (Å²) in [5, 5.41) is 11.0. The third kappa shape index (κ3) is 8.42. The number of aromatic nitrogens is 2. The summed E-state index contributed by atoms with van der Waals surface area (Å²) in [7, 11) is 0. The topological polar surface area (TPSA) is 179 Å². The van der Waals surface area contributed by atoms with Crippen LogP contribution in [0.4, 0.5) is 8.78 Å². The number of amides is 4. The minimum absolute atomic E-state index is 0.0310. The molecule has 0 spiro atoms. The lowest BCUT2D eigenvalue weighted by Crippen LogP contribution is -2.59. The zero-order chi connectivity index (χ0) is 36.4. The number of alkyl halides is 2. The van der Waals surface area contributed by atoms with E-state index in [0.29, 0.717) is 19.3 Å². The summed E-state index contributed by atoms with van der Waals surface area (Å²) in [4.78, 5) is 88.3. The van der Waals surface area contributed by atoms with E-state index in [0.717, 1.165) is 32.1 Å². The zero-order valence-corrected chi connectivity index (χ0v) is 29.5. The van der Waals surface area contributed by atoms with E-state index in [-0.39, 0.29) is 37.0 Å². The van der Waals surface area contributed by atoms with E-state index < -0.39 is 94.8 Å². The van der Waals surface area contributed by atoms with Crippen molar-refractivity contribution in [3.8, 4) is 0 Å². The Labute approximate surface area is 291 Å². The third-order valence-corrected chi connectivity index (χ3v) is 11.1. The van der Waals surface area contributed by atoms with Crippen LogP contribution >= 0.6 is 0 Å². The number of H-pyrrole nitrogens is 1. The Morgan fingerprint density at radius 1 is 0.980 bits per heavy atom.